The number of nitrogen functional groups attached to an aromatic ring is 1. The predicted molar refractivity (Wildman–Crippen MR) is 55.0 cm³/mol. The van der Waals surface area contributed by atoms with Crippen LogP contribution in [0.2, 0.25) is 0 Å². The van der Waals surface area contributed by atoms with E-state index in [0.29, 0.717) is 0 Å². The number of nitrogens with two attached hydrogens (primary N) is 1. The van der Waals surface area contributed by atoms with Gasteiger partial charge in [0.2, 0.25) is 0 Å². The van der Waals surface area contributed by atoms with Gasteiger partial charge in [0.05, 0.1) is 13.2 Å². The Morgan fingerprint density at radius 3 is 2.56 bits per heavy atom. The second-order valence-electron chi connectivity index (χ2n) is 2.79. The number of hydrogen-bond acceptors (Lipinski definition) is 6. The monoisotopic (exact) mass is 227 g/mol. The van der Waals surface area contributed by atoms with Crippen molar-refractivity contribution >= 4 is 17.9 Å². The van der Waals surface area contributed by atoms with E-state index in [2.05, 4.69) is 5.10 Å². The highest BCUT2D eigenvalue weighted by Crippen LogP contribution is 2.08. The summed E-state index contributed by atoms with van der Waals surface area (Å²) >= 11 is 0. The molecule has 1 rings (SSSR count). The second kappa shape index (κ2) is 5.15. The van der Waals surface area contributed by atoms with E-state index in [1.165, 1.54) is 6.07 Å². The lowest BCUT2D eigenvalue weighted by Gasteiger charge is -2.01. The van der Waals surface area contributed by atoms with Crippen molar-refractivity contribution in [2.75, 3.05) is 18.9 Å². The zero-order chi connectivity index (χ0) is 12.1. The van der Waals surface area contributed by atoms with E-state index in [4.69, 9.17) is 15.2 Å². The fourth-order valence-electron chi connectivity index (χ4n) is 1.03. The fourth-order valence-corrected chi connectivity index (χ4v) is 1.03. The molecule has 16 heavy (non-hydrogen) atoms. The van der Waals surface area contributed by atoms with Crippen molar-refractivity contribution in [2.24, 2.45) is 0 Å². The maximum atomic E-state index is 11.3. The molecule has 88 valence electrons. The number of ether oxygens (including phenoxy) is 2. The third-order valence-electron chi connectivity index (χ3n) is 1.66. The average molecular weight is 227 g/mol. The van der Waals surface area contributed by atoms with Crippen LogP contribution in [0, 0.1) is 0 Å². The zero-order valence-corrected chi connectivity index (χ0v) is 9.10. The molecule has 0 spiro atoms. The van der Waals surface area contributed by atoms with Gasteiger partial charge in [0.15, 0.2) is 5.69 Å². The minimum absolute atomic E-state index is 0.0209. The lowest BCUT2D eigenvalue weighted by Crippen LogP contribution is -2.18. The van der Waals surface area contributed by atoms with Gasteiger partial charge in [0.1, 0.15) is 5.82 Å². The number of esters is 1. The Balaban J connectivity index is 2.89. The standard InChI is InChI=1S/C9H13N3O4/c1-3-15-8(13)6-5-7(10)12(11-6)9(14)16-4-2/h5H,3-4,10H2,1-2H3. The molecule has 0 bridgehead atoms. The molecule has 0 unspecified atom stereocenters. The van der Waals surface area contributed by atoms with E-state index >= 15 is 0 Å². The SMILES string of the molecule is CCOC(=O)c1cc(N)n(C(=O)OCC)n1. The number of hydrogen-bond donors (Lipinski definition) is 1. The molecule has 0 aliphatic rings. The van der Waals surface area contributed by atoms with E-state index in [0.717, 1.165) is 4.68 Å². The highest BCUT2D eigenvalue weighted by atomic mass is 16.6. The molecule has 0 saturated carbocycles. The summed E-state index contributed by atoms with van der Waals surface area (Å²) in [5.74, 6) is -0.598. The molecule has 7 heteroatoms. The van der Waals surface area contributed by atoms with Crippen LogP contribution in [-0.2, 0) is 9.47 Å². The summed E-state index contributed by atoms with van der Waals surface area (Å²) in [6.07, 6.45) is -0.726. The van der Waals surface area contributed by atoms with E-state index < -0.39 is 12.1 Å². The maximum Gasteiger partial charge on any atom is 0.436 e. The molecule has 0 radical (unpaired) electrons. The zero-order valence-electron chi connectivity index (χ0n) is 9.10. The van der Waals surface area contributed by atoms with Crippen molar-refractivity contribution in [2.45, 2.75) is 13.8 Å². The summed E-state index contributed by atoms with van der Waals surface area (Å²) < 4.78 is 10.2. The molecule has 0 atom stereocenters. The van der Waals surface area contributed by atoms with Crippen molar-refractivity contribution in [3.8, 4) is 0 Å². The Hall–Kier alpha value is -2.05. The van der Waals surface area contributed by atoms with Gasteiger partial charge in [-0.05, 0) is 13.8 Å². The van der Waals surface area contributed by atoms with Crippen molar-refractivity contribution in [1.29, 1.82) is 0 Å². The molecule has 0 amide bonds. The minimum Gasteiger partial charge on any atom is -0.461 e. The van der Waals surface area contributed by atoms with Gasteiger partial charge in [-0.1, -0.05) is 0 Å². The molecule has 0 aliphatic carbocycles. The third kappa shape index (κ3) is 2.50. The van der Waals surface area contributed by atoms with Crippen LogP contribution >= 0.6 is 0 Å². The Morgan fingerprint density at radius 2 is 2.00 bits per heavy atom. The first-order chi connectivity index (χ1) is 7.60. The Kier molecular flexibility index (Phi) is 3.87. The van der Waals surface area contributed by atoms with Crippen molar-refractivity contribution in [3.05, 3.63) is 11.8 Å². The van der Waals surface area contributed by atoms with E-state index in [1.807, 2.05) is 0 Å². The molecule has 1 aromatic heterocycles. The summed E-state index contributed by atoms with van der Waals surface area (Å²) in [5, 5.41) is 3.69. The number of carbonyl (C=O) groups excluding carboxylic acids is 2. The highest BCUT2D eigenvalue weighted by Gasteiger charge is 2.18. The summed E-state index contributed by atoms with van der Waals surface area (Å²) in [7, 11) is 0. The third-order valence-corrected chi connectivity index (χ3v) is 1.66. The Morgan fingerprint density at radius 1 is 1.38 bits per heavy atom. The molecule has 1 heterocycles. The largest absolute Gasteiger partial charge is 0.461 e. The molecule has 0 fully saturated rings. The normalized spacial score (nSPS) is 9.88. The molecular weight excluding hydrogens is 214 g/mol. The van der Waals surface area contributed by atoms with E-state index in [1.54, 1.807) is 13.8 Å². The van der Waals surface area contributed by atoms with Crippen LogP contribution in [0.5, 0.6) is 0 Å². The second-order valence-corrected chi connectivity index (χ2v) is 2.79. The minimum atomic E-state index is -0.726. The van der Waals surface area contributed by atoms with Crippen LogP contribution in [0.4, 0.5) is 10.6 Å². The van der Waals surface area contributed by atoms with Crippen LogP contribution in [0.25, 0.3) is 0 Å². The predicted octanol–water partition coefficient (Wildman–Crippen LogP) is 0.647. The lowest BCUT2D eigenvalue weighted by molar-refractivity contribution is 0.0518. The van der Waals surface area contributed by atoms with Gasteiger partial charge in [0, 0.05) is 6.07 Å². The van der Waals surface area contributed by atoms with Gasteiger partial charge in [-0.15, -0.1) is 4.68 Å². The number of anilines is 1. The van der Waals surface area contributed by atoms with Crippen LogP contribution in [0.3, 0.4) is 0 Å². The van der Waals surface area contributed by atoms with E-state index in [9.17, 15) is 9.59 Å². The van der Waals surface area contributed by atoms with Crippen molar-refractivity contribution in [1.82, 2.24) is 9.78 Å². The first kappa shape index (κ1) is 12.0. The summed E-state index contributed by atoms with van der Waals surface area (Å²) in [4.78, 5) is 22.6. The van der Waals surface area contributed by atoms with Gasteiger partial charge >= 0.3 is 12.1 Å². The number of rotatable bonds is 3. The van der Waals surface area contributed by atoms with Gasteiger partial charge in [-0.25, -0.2) is 9.59 Å². The topological polar surface area (TPSA) is 96.4 Å². The van der Waals surface area contributed by atoms with Crippen molar-refractivity contribution in [3.63, 3.8) is 0 Å². The highest BCUT2D eigenvalue weighted by molar-refractivity contribution is 5.89. The fraction of sp³-hybridized carbons (Fsp3) is 0.444. The summed E-state index contributed by atoms with van der Waals surface area (Å²) in [6, 6.07) is 1.26. The number of aromatic nitrogens is 2. The smallest absolute Gasteiger partial charge is 0.436 e. The molecule has 2 N–H and O–H groups in total. The lowest BCUT2D eigenvalue weighted by atomic mass is 10.4. The molecule has 0 saturated heterocycles. The summed E-state index contributed by atoms with van der Waals surface area (Å²) in [6.45, 7) is 3.76. The first-order valence-electron chi connectivity index (χ1n) is 4.79. The van der Waals surface area contributed by atoms with Gasteiger partial charge in [-0.2, -0.15) is 5.10 Å². The van der Waals surface area contributed by atoms with Gasteiger partial charge in [0.25, 0.3) is 0 Å². The number of carbonyl (C=O) groups is 2. The maximum absolute atomic E-state index is 11.3. The average Bonchev–Trinajstić information content (AvgIpc) is 2.61. The van der Waals surface area contributed by atoms with Crippen LogP contribution < -0.4 is 5.73 Å². The number of nitrogens with zero attached hydrogens (tertiary/aromatic N) is 2. The molecular formula is C9H13N3O4. The first-order valence-corrected chi connectivity index (χ1v) is 4.79. The van der Waals surface area contributed by atoms with Crippen LogP contribution in [-0.4, -0.2) is 35.1 Å². The molecule has 1 aromatic rings. The van der Waals surface area contributed by atoms with Crippen LogP contribution in [0.1, 0.15) is 24.3 Å². The quantitative estimate of drug-likeness (QED) is 0.761. The Bertz CT molecular complexity index is 399. The van der Waals surface area contributed by atoms with E-state index in [-0.39, 0.29) is 24.7 Å². The molecule has 0 aromatic carbocycles. The summed E-state index contributed by atoms with van der Waals surface area (Å²) in [5.41, 5.74) is 5.48. The Labute approximate surface area is 92.1 Å². The molecule has 0 aliphatic heterocycles. The van der Waals surface area contributed by atoms with Crippen molar-refractivity contribution < 1.29 is 19.1 Å². The van der Waals surface area contributed by atoms with Gasteiger partial charge in [-0.3, -0.25) is 0 Å². The van der Waals surface area contributed by atoms with Crippen LogP contribution in [0.15, 0.2) is 6.07 Å². The van der Waals surface area contributed by atoms with Gasteiger partial charge < -0.3 is 15.2 Å². The molecule has 7 nitrogen and oxygen atoms in total.